The molecule has 1 amide bonds. The second kappa shape index (κ2) is 5.82. The van der Waals surface area contributed by atoms with Crippen LogP contribution < -0.4 is 5.32 Å². The van der Waals surface area contributed by atoms with Crippen molar-refractivity contribution in [1.29, 1.82) is 0 Å². The maximum Gasteiger partial charge on any atom is 0.264 e. The van der Waals surface area contributed by atoms with Gasteiger partial charge >= 0.3 is 0 Å². The standard InChI is InChI=1S/C11H14Br2N2OS/c1-2-3-15(7-5-14-6-7)11(16)9-4-8(12)10(13)17-9/h4,7,14H,2-3,5-6H2,1H3. The van der Waals surface area contributed by atoms with Gasteiger partial charge in [-0.1, -0.05) is 6.92 Å². The summed E-state index contributed by atoms with van der Waals surface area (Å²) >= 11 is 8.34. The minimum atomic E-state index is 0.148. The average Bonchev–Trinajstić information content (AvgIpc) is 2.55. The fourth-order valence-corrected chi connectivity index (χ4v) is 3.77. The number of nitrogens with one attached hydrogen (secondary N) is 1. The van der Waals surface area contributed by atoms with Crippen molar-refractivity contribution in [1.82, 2.24) is 10.2 Å². The summed E-state index contributed by atoms with van der Waals surface area (Å²) in [6.45, 7) is 4.77. The highest BCUT2D eigenvalue weighted by molar-refractivity contribution is 9.13. The quantitative estimate of drug-likeness (QED) is 0.868. The van der Waals surface area contributed by atoms with Gasteiger partial charge in [0, 0.05) is 24.1 Å². The number of rotatable bonds is 4. The summed E-state index contributed by atoms with van der Waals surface area (Å²) in [5.74, 6) is 0.148. The third kappa shape index (κ3) is 2.92. The Morgan fingerprint density at radius 1 is 1.59 bits per heavy atom. The van der Waals surface area contributed by atoms with E-state index in [4.69, 9.17) is 0 Å². The minimum Gasteiger partial charge on any atom is -0.332 e. The van der Waals surface area contributed by atoms with Crippen molar-refractivity contribution in [2.24, 2.45) is 0 Å². The van der Waals surface area contributed by atoms with E-state index in [1.807, 2.05) is 11.0 Å². The Labute approximate surface area is 122 Å². The first kappa shape index (κ1) is 13.5. The van der Waals surface area contributed by atoms with E-state index in [0.29, 0.717) is 6.04 Å². The number of carbonyl (C=O) groups excluding carboxylic acids is 1. The van der Waals surface area contributed by atoms with Crippen LogP contribution in [-0.4, -0.2) is 36.5 Å². The monoisotopic (exact) mass is 380 g/mol. The van der Waals surface area contributed by atoms with Crippen LogP contribution in [0.4, 0.5) is 0 Å². The Bertz CT molecular complexity index is 398. The summed E-state index contributed by atoms with van der Waals surface area (Å²) in [4.78, 5) is 15.2. The Balaban J connectivity index is 2.14. The largest absolute Gasteiger partial charge is 0.332 e. The van der Waals surface area contributed by atoms with Crippen molar-refractivity contribution >= 4 is 49.1 Å². The molecule has 2 rings (SSSR count). The van der Waals surface area contributed by atoms with E-state index in [9.17, 15) is 4.79 Å². The molecule has 0 atom stereocenters. The lowest BCUT2D eigenvalue weighted by Gasteiger charge is -2.38. The summed E-state index contributed by atoms with van der Waals surface area (Å²) in [6.07, 6.45) is 0.996. The summed E-state index contributed by atoms with van der Waals surface area (Å²) in [7, 11) is 0. The van der Waals surface area contributed by atoms with Gasteiger partial charge in [-0.25, -0.2) is 0 Å². The number of hydrogen-bond donors (Lipinski definition) is 1. The molecule has 0 bridgehead atoms. The Hall–Kier alpha value is 0.0900. The molecule has 2 heterocycles. The van der Waals surface area contributed by atoms with Crippen molar-refractivity contribution in [3.63, 3.8) is 0 Å². The predicted octanol–water partition coefficient (Wildman–Crippen LogP) is 3.10. The van der Waals surface area contributed by atoms with Crippen LogP contribution in [0.3, 0.4) is 0 Å². The second-order valence-electron chi connectivity index (χ2n) is 4.04. The molecule has 1 aromatic rings. The van der Waals surface area contributed by atoms with Crippen LogP contribution in [0.5, 0.6) is 0 Å². The number of halogens is 2. The molecule has 0 saturated carbocycles. The molecule has 1 aliphatic rings. The van der Waals surface area contributed by atoms with Gasteiger partial charge in [0.15, 0.2) is 0 Å². The van der Waals surface area contributed by atoms with Crippen LogP contribution in [0.25, 0.3) is 0 Å². The topological polar surface area (TPSA) is 32.3 Å². The molecule has 0 aliphatic carbocycles. The van der Waals surface area contributed by atoms with Crippen LogP contribution in [-0.2, 0) is 0 Å². The minimum absolute atomic E-state index is 0.148. The molecule has 0 radical (unpaired) electrons. The zero-order valence-corrected chi connectivity index (χ0v) is 13.5. The molecule has 94 valence electrons. The highest BCUT2D eigenvalue weighted by atomic mass is 79.9. The third-order valence-electron chi connectivity index (χ3n) is 2.78. The average molecular weight is 382 g/mol. The van der Waals surface area contributed by atoms with Gasteiger partial charge in [-0.05, 0) is 44.3 Å². The fraction of sp³-hybridized carbons (Fsp3) is 0.545. The van der Waals surface area contributed by atoms with Gasteiger partial charge < -0.3 is 10.2 Å². The zero-order valence-electron chi connectivity index (χ0n) is 9.50. The number of hydrogen-bond acceptors (Lipinski definition) is 3. The Morgan fingerprint density at radius 3 is 2.71 bits per heavy atom. The number of carbonyl (C=O) groups is 1. The summed E-state index contributed by atoms with van der Waals surface area (Å²) in [5, 5.41) is 3.21. The van der Waals surface area contributed by atoms with Gasteiger partial charge in [-0.2, -0.15) is 0 Å². The van der Waals surface area contributed by atoms with E-state index >= 15 is 0 Å². The lowest BCUT2D eigenvalue weighted by atomic mass is 10.1. The SMILES string of the molecule is CCCN(C(=O)c1cc(Br)c(Br)s1)C1CNC1. The number of nitrogens with zero attached hydrogens (tertiary/aromatic N) is 1. The van der Waals surface area contributed by atoms with Crippen molar-refractivity contribution in [3.05, 3.63) is 19.2 Å². The van der Waals surface area contributed by atoms with Crippen LogP contribution in [0.15, 0.2) is 14.3 Å². The zero-order chi connectivity index (χ0) is 12.4. The molecule has 1 fully saturated rings. The van der Waals surface area contributed by atoms with E-state index in [2.05, 4.69) is 44.1 Å². The van der Waals surface area contributed by atoms with E-state index in [1.54, 1.807) is 0 Å². The lowest BCUT2D eigenvalue weighted by Crippen LogP contribution is -2.58. The first-order valence-corrected chi connectivity index (χ1v) is 8.00. The molecule has 1 aliphatic heterocycles. The van der Waals surface area contributed by atoms with Crippen molar-refractivity contribution < 1.29 is 4.79 Å². The first-order chi connectivity index (χ1) is 8.13. The molecule has 0 spiro atoms. The molecule has 0 aromatic carbocycles. The molecular formula is C11H14Br2N2OS. The van der Waals surface area contributed by atoms with E-state index in [0.717, 1.165) is 39.2 Å². The Kier molecular flexibility index (Phi) is 4.63. The highest BCUT2D eigenvalue weighted by Crippen LogP contribution is 2.33. The summed E-state index contributed by atoms with van der Waals surface area (Å²) in [5.41, 5.74) is 0. The maximum atomic E-state index is 12.4. The van der Waals surface area contributed by atoms with Gasteiger partial charge in [0.2, 0.25) is 0 Å². The van der Waals surface area contributed by atoms with Crippen LogP contribution >= 0.6 is 43.2 Å². The summed E-state index contributed by atoms with van der Waals surface area (Å²) < 4.78 is 1.93. The molecule has 1 aromatic heterocycles. The second-order valence-corrected chi connectivity index (χ2v) is 7.27. The van der Waals surface area contributed by atoms with Gasteiger partial charge in [-0.3, -0.25) is 4.79 Å². The third-order valence-corrected chi connectivity index (χ3v) is 6.03. The van der Waals surface area contributed by atoms with Crippen molar-refractivity contribution in [2.75, 3.05) is 19.6 Å². The van der Waals surface area contributed by atoms with E-state index < -0.39 is 0 Å². The lowest BCUT2D eigenvalue weighted by molar-refractivity contribution is 0.0621. The van der Waals surface area contributed by atoms with E-state index in [-0.39, 0.29) is 5.91 Å². The van der Waals surface area contributed by atoms with Crippen molar-refractivity contribution in [2.45, 2.75) is 19.4 Å². The molecular weight excluding hydrogens is 368 g/mol. The maximum absolute atomic E-state index is 12.4. The first-order valence-electron chi connectivity index (χ1n) is 5.60. The molecule has 3 nitrogen and oxygen atoms in total. The molecule has 1 saturated heterocycles. The molecule has 6 heteroatoms. The highest BCUT2D eigenvalue weighted by Gasteiger charge is 2.29. The van der Waals surface area contributed by atoms with Crippen LogP contribution in [0, 0.1) is 0 Å². The van der Waals surface area contributed by atoms with E-state index in [1.165, 1.54) is 11.3 Å². The number of amides is 1. The van der Waals surface area contributed by atoms with Gasteiger partial charge in [-0.15, -0.1) is 11.3 Å². The smallest absolute Gasteiger partial charge is 0.264 e. The predicted molar refractivity (Wildman–Crippen MR) is 77.7 cm³/mol. The fourth-order valence-electron chi connectivity index (χ4n) is 1.78. The van der Waals surface area contributed by atoms with Crippen LogP contribution in [0.1, 0.15) is 23.0 Å². The molecule has 17 heavy (non-hydrogen) atoms. The molecule has 1 N–H and O–H groups in total. The summed E-state index contributed by atoms with van der Waals surface area (Å²) in [6, 6.07) is 2.26. The van der Waals surface area contributed by atoms with Gasteiger partial charge in [0.05, 0.1) is 14.7 Å². The normalized spacial score (nSPS) is 15.7. The van der Waals surface area contributed by atoms with Crippen LogP contribution in [0.2, 0.25) is 0 Å². The Morgan fingerprint density at radius 2 is 2.29 bits per heavy atom. The molecule has 0 unspecified atom stereocenters. The van der Waals surface area contributed by atoms with Gasteiger partial charge in [0.25, 0.3) is 5.91 Å². The van der Waals surface area contributed by atoms with Gasteiger partial charge in [0.1, 0.15) is 0 Å². The van der Waals surface area contributed by atoms with Crippen molar-refractivity contribution in [3.8, 4) is 0 Å². The number of thiophene rings is 1.